The molecule has 0 saturated carbocycles. The second-order valence-electron chi connectivity index (χ2n) is 6.18. The van der Waals surface area contributed by atoms with Gasteiger partial charge in [0, 0.05) is 12.1 Å². The Morgan fingerprint density at radius 3 is 2.54 bits per heavy atom. The molecule has 2 aromatic carbocycles. The molecule has 0 aromatic heterocycles. The maximum atomic E-state index is 12.7. The number of nitrogens with one attached hydrogen (secondary N) is 2. The van der Waals surface area contributed by atoms with E-state index in [0.717, 1.165) is 54.9 Å². The molecule has 0 spiro atoms. The van der Waals surface area contributed by atoms with Gasteiger partial charge in [-0.3, -0.25) is 4.79 Å². The zero-order valence-electron chi connectivity index (χ0n) is 14.0. The van der Waals surface area contributed by atoms with E-state index in [1.165, 1.54) is 0 Å². The van der Waals surface area contributed by atoms with Gasteiger partial charge in [0.2, 0.25) is 0 Å². The van der Waals surface area contributed by atoms with Crippen LogP contribution in [0.15, 0.2) is 48.5 Å². The van der Waals surface area contributed by atoms with Crippen molar-refractivity contribution in [2.45, 2.75) is 12.8 Å². The Morgan fingerprint density at radius 1 is 1.12 bits per heavy atom. The first-order valence-corrected chi connectivity index (χ1v) is 8.50. The molecule has 4 nitrogen and oxygen atoms in total. The zero-order valence-corrected chi connectivity index (χ0v) is 14.0. The van der Waals surface area contributed by atoms with Crippen molar-refractivity contribution in [1.82, 2.24) is 10.6 Å². The van der Waals surface area contributed by atoms with Gasteiger partial charge in [-0.05, 0) is 61.2 Å². The van der Waals surface area contributed by atoms with E-state index in [4.69, 9.17) is 4.74 Å². The fourth-order valence-electron chi connectivity index (χ4n) is 3.12. The third-order valence-corrected chi connectivity index (χ3v) is 4.58. The van der Waals surface area contributed by atoms with Crippen LogP contribution >= 0.6 is 0 Å². The van der Waals surface area contributed by atoms with E-state index in [2.05, 4.69) is 10.6 Å². The predicted molar refractivity (Wildman–Crippen MR) is 96.4 cm³/mol. The number of hydrogen-bond donors (Lipinski definition) is 2. The average Bonchev–Trinajstić information content (AvgIpc) is 2.67. The molecule has 1 heterocycles. The molecule has 0 radical (unpaired) electrons. The lowest BCUT2D eigenvalue weighted by atomic mass is 9.97. The summed E-state index contributed by atoms with van der Waals surface area (Å²) in [7, 11) is 1.65. The lowest BCUT2D eigenvalue weighted by molar-refractivity contribution is 0.0945. The van der Waals surface area contributed by atoms with Crippen molar-refractivity contribution < 1.29 is 9.53 Å². The molecule has 1 aliphatic rings. The van der Waals surface area contributed by atoms with Gasteiger partial charge < -0.3 is 15.4 Å². The van der Waals surface area contributed by atoms with E-state index in [9.17, 15) is 4.79 Å². The van der Waals surface area contributed by atoms with Gasteiger partial charge >= 0.3 is 0 Å². The highest BCUT2D eigenvalue weighted by Crippen LogP contribution is 2.26. The van der Waals surface area contributed by atoms with Crippen LogP contribution in [0.2, 0.25) is 0 Å². The molecule has 1 aliphatic heterocycles. The summed E-state index contributed by atoms with van der Waals surface area (Å²) in [5.74, 6) is 1.38. The second kappa shape index (κ2) is 7.97. The minimum absolute atomic E-state index is 0.0000456. The maximum absolute atomic E-state index is 12.7. The molecule has 1 fully saturated rings. The first kappa shape index (κ1) is 16.5. The first-order chi connectivity index (χ1) is 11.8. The van der Waals surface area contributed by atoms with Gasteiger partial charge in [-0.15, -0.1) is 0 Å². The molecule has 4 heteroatoms. The van der Waals surface area contributed by atoms with Gasteiger partial charge in [0.05, 0.1) is 7.11 Å². The van der Waals surface area contributed by atoms with Crippen molar-refractivity contribution in [3.05, 3.63) is 54.1 Å². The number of piperidine rings is 1. The van der Waals surface area contributed by atoms with E-state index < -0.39 is 0 Å². The normalized spacial score (nSPS) is 15.0. The largest absolute Gasteiger partial charge is 0.497 e. The van der Waals surface area contributed by atoms with E-state index in [-0.39, 0.29) is 5.91 Å². The van der Waals surface area contributed by atoms with E-state index in [1.807, 2.05) is 48.5 Å². The molecule has 1 saturated heterocycles. The van der Waals surface area contributed by atoms with Crippen LogP contribution in [0.3, 0.4) is 0 Å². The molecular formula is C20H24N2O2. The summed E-state index contributed by atoms with van der Waals surface area (Å²) in [6, 6.07) is 15.5. The fraction of sp³-hybridized carbons (Fsp3) is 0.350. The van der Waals surface area contributed by atoms with Crippen LogP contribution in [0.5, 0.6) is 5.75 Å². The molecule has 24 heavy (non-hydrogen) atoms. The van der Waals surface area contributed by atoms with Gasteiger partial charge in [-0.1, -0.05) is 30.3 Å². The summed E-state index contributed by atoms with van der Waals surface area (Å²) in [5, 5.41) is 6.46. The van der Waals surface area contributed by atoms with Crippen LogP contribution in [0, 0.1) is 5.92 Å². The molecule has 0 aliphatic carbocycles. The van der Waals surface area contributed by atoms with Crippen molar-refractivity contribution in [1.29, 1.82) is 0 Å². The summed E-state index contributed by atoms with van der Waals surface area (Å²) >= 11 is 0. The van der Waals surface area contributed by atoms with Crippen LogP contribution in [0.25, 0.3) is 11.1 Å². The van der Waals surface area contributed by atoms with Crippen LogP contribution in [-0.4, -0.2) is 32.7 Å². The number of hydrogen-bond acceptors (Lipinski definition) is 3. The number of rotatable bonds is 5. The Balaban J connectivity index is 1.73. The van der Waals surface area contributed by atoms with Crippen molar-refractivity contribution in [3.63, 3.8) is 0 Å². The number of carbonyl (C=O) groups excluding carboxylic acids is 1. The summed E-state index contributed by atoms with van der Waals surface area (Å²) in [6.45, 7) is 2.84. The van der Waals surface area contributed by atoms with Gasteiger partial charge in [-0.2, -0.15) is 0 Å². The first-order valence-electron chi connectivity index (χ1n) is 8.50. The molecule has 2 N–H and O–H groups in total. The quantitative estimate of drug-likeness (QED) is 0.888. The topological polar surface area (TPSA) is 50.4 Å². The van der Waals surface area contributed by atoms with Crippen LogP contribution in [0.1, 0.15) is 23.2 Å². The lowest BCUT2D eigenvalue weighted by Crippen LogP contribution is -2.36. The lowest BCUT2D eigenvalue weighted by Gasteiger charge is -2.23. The summed E-state index contributed by atoms with van der Waals surface area (Å²) in [4.78, 5) is 12.7. The van der Waals surface area contributed by atoms with Crippen molar-refractivity contribution in [3.8, 4) is 16.9 Å². The molecule has 0 atom stereocenters. The van der Waals surface area contributed by atoms with E-state index in [0.29, 0.717) is 5.92 Å². The SMILES string of the molecule is COc1ccc(-c2ccccc2C(=O)NCC2CCNCC2)cc1. The van der Waals surface area contributed by atoms with Crippen LogP contribution < -0.4 is 15.4 Å². The maximum Gasteiger partial charge on any atom is 0.251 e. The highest BCUT2D eigenvalue weighted by molar-refractivity contribution is 6.00. The Hall–Kier alpha value is -2.33. The number of carbonyl (C=O) groups is 1. The average molecular weight is 324 g/mol. The Bertz CT molecular complexity index is 676. The Labute approximate surface area is 143 Å². The third-order valence-electron chi connectivity index (χ3n) is 4.58. The molecule has 1 amide bonds. The summed E-state index contributed by atoms with van der Waals surface area (Å²) in [5.41, 5.74) is 2.68. The molecular weight excluding hydrogens is 300 g/mol. The van der Waals surface area contributed by atoms with Gasteiger partial charge in [0.15, 0.2) is 0 Å². The van der Waals surface area contributed by atoms with E-state index >= 15 is 0 Å². The van der Waals surface area contributed by atoms with Crippen molar-refractivity contribution in [2.24, 2.45) is 5.92 Å². The molecule has 0 unspecified atom stereocenters. The zero-order chi connectivity index (χ0) is 16.8. The second-order valence-corrected chi connectivity index (χ2v) is 6.18. The minimum atomic E-state index is -0.0000456. The van der Waals surface area contributed by atoms with Crippen molar-refractivity contribution >= 4 is 5.91 Å². The van der Waals surface area contributed by atoms with Crippen molar-refractivity contribution in [2.75, 3.05) is 26.7 Å². The Morgan fingerprint density at radius 2 is 1.83 bits per heavy atom. The number of ether oxygens (including phenoxy) is 1. The van der Waals surface area contributed by atoms with Crippen LogP contribution in [0.4, 0.5) is 0 Å². The Kier molecular flexibility index (Phi) is 5.49. The summed E-state index contributed by atoms with van der Waals surface area (Å²) < 4.78 is 5.20. The van der Waals surface area contributed by atoms with Crippen LogP contribution in [-0.2, 0) is 0 Å². The monoisotopic (exact) mass is 324 g/mol. The van der Waals surface area contributed by atoms with Gasteiger partial charge in [-0.25, -0.2) is 0 Å². The number of amides is 1. The summed E-state index contributed by atoms with van der Waals surface area (Å²) in [6.07, 6.45) is 2.25. The number of benzene rings is 2. The van der Waals surface area contributed by atoms with E-state index in [1.54, 1.807) is 7.11 Å². The van der Waals surface area contributed by atoms with Gasteiger partial charge in [0.1, 0.15) is 5.75 Å². The molecule has 126 valence electrons. The van der Waals surface area contributed by atoms with Gasteiger partial charge in [0.25, 0.3) is 5.91 Å². The standard InChI is InChI=1S/C20H24N2O2/c1-24-17-8-6-16(7-9-17)18-4-2-3-5-19(18)20(23)22-14-15-10-12-21-13-11-15/h2-9,15,21H,10-14H2,1H3,(H,22,23). The third kappa shape index (κ3) is 3.95. The molecule has 3 rings (SSSR count). The molecule has 0 bridgehead atoms. The smallest absolute Gasteiger partial charge is 0.251 e. The highest BCUT2D eigenvalue weighted by Gasteiger charge is 2.16. The predicted octanol–water partition coefficient (Wildman–Crippen LogP) is 3.09. The highest BCUT2D eigenvalue weighted by atomic mass is 16.5. The minimum Gasteiger partial charge on any atom is -0.497 e. The molecule has 2 aromatic rings. The fourth-order valence-corrected chi connectivity index (χ4v) is 3.12. The number of methoxy groups -OCH3 is 1.